The largest absolute Gasteiger partial charge is 1.00 e. The van der Waals surface area contributed by atoms with Crippen molar-refractivity contribution in [3.63, 3.8) is 0 Å². The minimum atomic E-state index is -1.19. The molecule has 82 valence electrons. The maximum Gasteiger partial charge on any atom is 0.225 e. The maximum absolute atomic E-state index is 2.35. The van der Waals surface area contributed by atoms with Crippen molar-refractivity contribution in [3.8, 4) is 0 Å². The third kappa shape index (κ3) is 3.27. The molecule has 3 nitrogen and oxygen atoms in total. The van der Waals surface area contributed by atoms with Crippen molar-refractivity contribution in [2.24, 2.45) is 0 Å². The molecule has 13 heavy (non-hydrogen) atoms. The average molecular weight is 319 g/mol. The Morgan fingerprint density at radius 1 is 0.769 bits per heavy atom. The first-order valence-corrected chi connectivity index (χ1v) is 6.14. The molecule has 0 N–H and O–H groups in total. The van der Waals surface area contributed by atoms with E-state index >= 15 is 0 Å². The van der Waals surface area contributed by atoms with Gasteiger partial charge in [-0.05, 0) is 6.92 Å². The Morgan fingerprint density at radius 2 is 1.00 bits per heavy atom. The summed E-state index contributed by atoms with van der Waals surface area (Å²) in [5, 5.41) is 0. The zero-order valence-corrected chi connectivity index (χ0v) is 12.9. The summed E-state index contributed by atoms with van der Waals surface area (Å²) < 4.78 is 7.06. The lowest BCUT2D eigenvalue weighted by Gasteiger charge is -2.39. The molecule has 0 aliphatic heterocycles. The lowest BCUT2D eigenvalue weighted by Crippen LogP contribution is -3.00. The third-order valence-corrected chi connectivity index (χ3v) is 7.04. The van der Waals surface area contributed by atoms with Crippen LogP contribution in [0, 0.1) is 0 Å². The summed E-state index contributed by atoms with van der Waals surface area (Å²) >= 11 is 0. The number of hydrogen-bond acceptors (Lipinski definition) is 3. The van der Waals surface area contributed by atoms with Gasteiger partial charge in [0.1, 0.15) is 6.16 Å². The fraction of sp³-hybridized carbons (Fsp3) is 1.00. The highest BCUT2D eigenvalue weighted by Gasteiger charge is 2.45. The molecule has 0 saturated carbocycles. The van der Waals surface area contributed by atoms with E-state index in [0.29, 0.717) is 0 Å². The summed E-state index contributed by atoms with van der Waals surface area (Å²) in [4.78, 5) is 0. The first-order chi connectivity index (χ1) is 5.39. The van der Waals surface area contributed by atoms with Crippen molar-refractivity contribution in [3.05, 3.63) is 0 Å². The normalized spacial score (nSPS) is 12.5. The summed E-state index contributed by atoms with van der Waals surface area (Å²) in [6.07, 6.45) is 1.19. The number of hydrogen-bond donors (Lipinski definition) is 0. The first kappa shape index (κ1) is 16.5. The topological polar surface area (TPSA) is 9.72 Å². The monoisotopic (exact) mass is 319 g/mol. The van der Waals surface area contributed by atoms with Crippen LogP contribution in [0.1, 0.15) is 6.92 Å². The lowest BCUT2D eigenvalue weighted by molar-refractivity contribution is -0.00000293. The van der Waals surface area contributed by atoms with E-state index < -0.39 is 7.71 Å². The van der Waals surface area contributed by atoms with E-state index in [1.54, 1.807) is 0 Å². The molecule has 0 aromatic heterocycles. The van der Waals surface area contributed by atoms with E-state index in [1.807, 2.05) is 0 Å². The maximum atomic E-state index is 2.35. The summed E-state index contributed by atoms with van der Waals surface area (Å²) in [5.41, 5.74) is 0. The fourth-order valence-electron chi connectivity index (χ4n) is 1.92. The van der Waals surface area contributed by atoms with E-state index in [4.69, 9.17) is 0 Å². The Morgan fingerprint density at radius 3 is 1.00 bits per heavy atom. The molecule has 0 spiro atoms. The molecule has 0 bridgehead atoms. The molecule has 0 atom stereocenters. The van der Waals surface area contributed by atoms with Gasteiger partial charge in [-0.25, -0.2) is 0 Å². The molecule has 0 heterocycles. The second-order valence-corrected chi connectivity index (χ2v) is 7.97. The Balaban J connectivity index is 0. The lowest BCUT2D eigenvalue weighted by atomic mass is 11.0. The van der Waals surface area contributed by atoms with Gasteiger partial charge in [-0.3, -0.25) is 0 Å². The van der Waals surface area contributed by atoms with Gasteiger partial charge >= 0.3 is 0 Å². The third-order valence-electron chi connectivity index (χ3n) is 2.35. The van der Waals surface area contributed by atoms with Crippen LogP contribution in [0.15, 0.2) is 0 Å². The minimum Gasteiger partial charge on any atom is -1.00 e. The van der Waals surface area contributed by atoms with Crippen molar-refractivity contribution in [1.29, 1.82) is 0 Å². The van der Waals surface area contributed by atoms with Crippen LogP contribution >= 0.6 is 7.71 Å². The van der Waals surface area contributed by atoms with E-state index in [1.165, 1.54) is 6.16 Å². The number of halogens is 1. The van der Waals surface area contributed by atoms with Crippen LogP contribution in [0.2, 0.25) is 0 Å². The number of nitrogens with zero attached hydrogens (tertiary/aromatic N) is 3. The Labute approximate surface area is 101 Å². The molecule has 0 unspecified atom stereocenters. The van der Waals surface area contributed by atoms with Crippen LogP contribution in [-0.4, -0.2) is 62.5 Å². The smallest absolute Gasteiger partial charge is 0.225 e. The molecule has 0 aliphatic rings. The zero-order chi connectivity index (χ0) is 9.94. The van der Waals surface area contributed by atoms with Gasteiger partial charge in [-0.15, -0.1) is 0 Å². The summed E-state index contributed by atoms with van der Waals surface area (Å²) in [6, 6.07) is 0. The second-order valence-electron chi connectivity index (χ2n) is 3.55. The van der Waals surface area contributed by atoms with Gasteiger partial charge in [-0.1, -0.05) is 0 Å². The predicted molar refractivity (Wildman–Crippen MR) is 58.5 cm³/mol. The van der Waals surface area contributed by atoms with Crippen LogP contribution < -0.4 is 24.0 Å². The Bertz CT molecular complexity index is 118. The molecule has 0 aromatic carbocycles. The molecule has 0 saturated heterocycles. The summed E-state index contributed by atoms with van der Waals surface area (Å²) in [7, 11) is 11.8. The van der Waals surface area contributed by atoms with Crippen molar-refractivity contribution in [2.75, 3.05) is 48.4 Å². The fourth-order valence-corrected chi connectivity index (χ4v) is 5.77. The van der Waals surface area contributed by atoms with Crippen LogP contribution in [0.5, 0.6) is 0 Å². The molecule has 0 aliphatic carbocycles. The van der Waals surface area contributed by atoms with Crippen LogP contribution in [0.3, 0.4) is 0 Å². The molecule has 0 rings (SSSR count). The van der Waals surface area contributed by atoms with Crippen LogP contribution in [0.4, 0.5) is 0 Å². The van der Waals surface area contributed by atoms with Crippen LogP contribution in [0.25, 0.3) is 0 Å². The summed E-state index contributed by atoms with van der Waals surface area (Å²) in [6.45, 7) is 2.26. The van der Waals surface area contributed by atoms with Crippen molar-refractivity contribution >= 4 is 7.71 Å². The zero-order valence-electron chi connectivity index (χ0n) is 9.87. The van der Waals surface area contributed by atoms with Gasteiger partial charge in [0.25, 0.3) is 0 Å². The van der Waals surface area contributed by atoms with E-state index in [2.05, 4.69) is 63.2 Å². The standard InChI is InChI=1S/C8H23N3P.HI/c1-8-12(9(2)3,10(4)5)11(6)7;/h8H2,1-7H3;1H/q+1;/p-1. The number of rotatable bonds is 4. The molecule has 0 fully saturated rings. The average Bonchev–Trinajstić information content (AvgIpc) is 1.86. The molecule has 0 aromatic rings. The minimum absolute atomic E-state index is 0. The first-order valence-electron chi connectivity index (χ1n) is 4.31. The Hall–Kier alpha value is 1.04. The highest BCUT2D eigenvalue weighted by atomic mass is 127. The molecule has 5 heteroatoms. The van der Waals surface area contributed by atoms with Gasteiger partial charge in [0.05, 0.1) is 0 Å². The van der Waals surface area contributed by atoms with Gasteiger partial charge in [-0.2, -0.15) is 14.0 Å². The molecular weight excluding hydrogens is 296 g/mol. The van der Waals surface area contributed by atoms with E-state index in [9.17, 15) is 0 Å². The van der Waals surface area contributed by atoms with E-state index in [0.717, 1.165) is 0 Å². The quantitative estimate of drug-likeness (QED) is 0.459. The van der Waals surface area contributed by atoms with Crippen molar-refractivity contribution in [2.45, 2.75) is 6.92 Å². The van der Waals surface area contributed by atoms with Gasteiger partial charge in [0.15, 0.2) is 0 Å². The molecule has 0 radical (unpaired) electrons. The predicted octanol–water partition coefficient (Wildman–Crippen LogP) is -1.54. The van der Waals surface area contributed by atoms with Crippen LogP contribution in [-0.2, 0) is 0 Å². The Kier molecular flexibility index (Phi) is 8.25. The van der Waals surface area contributed by atoms with Crippen molar-refractivity contribution in [1.82, 2.24) is 14.0 Å². The highest BCUT2D eigenvalue weighted by Crippen LogP contribution is 2.62. The molecular formula is C8H23IN3P. The highest BCUT2D eigenvalue weighted by molar-refractivity contribution is 7.68. The van der Waals surface area contributed by atoms with Crippen molar-refractivity contribution < 1.29 is 24.0 Å². The van der Waals surface area contributed by atoms with E-state index in [-0.39, 0.29) is 24.0 Å². The SMILES string of the molecule is CC[P+](N(C)C)(N(C)C)N(C)C.[I-]. The van der Waals surface area contributed by atoms with Gasteiger partial charge in [0.2, 0.25) is 7.71 Å². The second kappa shape index (κ2) is 6.51. The molecule has 0 amide bonds. The van der Waals surface area contributed by atoms with Gasteiger partial charge in [0, 0.05) is 42.3 Å². The summed E-state index contributed by atoms with van der Waals surface area (Å²) in [5.74, 6) is 0. The van der Waals surface area contributed by atoms with Gasteiger partial charge < -0.3 is 24.0 Å².